The van der Waals surface area contributed by atoms with Gasteiger partial charge in [0, 0.05) is 23.7 Å². The fourth-order valence-electron chi connectivity index (χ4n) is 2.85. The van der Waals surface area contributed by atoms with E-state index in [4.69, 9.17) is 0 Å². The summed E-state index contributed by atoms with van der Waals surface area (Å²) in [6.07, 6.45) is 1.65. The zero-order chi connectivity index (χ0) is 22.6. The lowest BCUT2D eigenvalue weighted by atomic mass is 10.1. The number of hydrogen-bond acceptors (Lipinski definition) is 6. The average molecular weight is 461 g/mol. The second-order valence-corrected chi connectivity index (χ2v) is 10.0. The molecular formula is C20H24N6O3S2. The SMILES string of the molecule is CNS(=O)(=O)c1cc(NC(=O)Nc2cccc(C(C)Sc3nncn3C)c2)ccc1C. The molecule has 3 aromatic rings. The molecule has 0 aliphatic carbocycles. The molecule has 0 saturated heterocycles. The van der Waals surface area contributed by atoms with Gasteiger partial charge in [-0.25, -0.2) is 17.9 Å². The van der Waals surface area contributed by atoms with Crippen LogP contribution in [0.5, 0.6) is 0 Å². The summed E-state index contributed by atoms with van der Waals surface area (Å²) >= 11 is 1.57. The third-order valence-corrected chi connectivity index (χ3v) is 7.33. The molecule has 31 heavy (non-hydrogen) atoms. The normalized spacial score (nSPS) is 12.4. The number of amides is 2. The van der Waals surface area contributed by atoms with Crippen molar-refractivity contribution in [1.82, 2.24) is 19.5 Å². The highest BCUT2D eigenvalue weighted by Gasteiger charge is 2.16. The number of aromatic nitrogens is 3. The monoisotopic (exact) mass is 460 g/mol. The second-order valence-electron chi connectivity index (χ2n) is 6.88. The maximum absolute atomic E-state index is 12.5. The molecule has 1 heterocycles. The molecular weight excluding hydrogens is 436 g/mol. The number of nitrogens with zero attached hydrogens (tertiary/aromatic N) is 3. The van der Waals surface area contributed by atoms with Crippen LogP contribution in [-0.4, -0.2) is 36.3 Å². The third-order valence-electron chi connectivity index (χ3n) is 4.57. The first-order chi connectivity index (χ1) is 14.7. The van der Waals surface area contributed by atoms with E-state index in [9.17, 15) is 13.2 Å². The van der Waals surface area contributed by atoms with E-state index in [2.05, 4.69) is 32.5 Å². The number of carbonyl (C=O) groups excluding carboxylic acids is 1. The molecule has 0 bridgehead atoms. The topological polar surface area (TPSA) is 118 Å². The first kappa shape index (κ1) is 22.8. The Bertz CT molecular complexity index is 1190. The molecule has 2 amide bonds. The summed E-state index contributed by atoms with van der Waals surface area (Å²) in [5.41, 5.74) is 2.60. The Kier molecular flexibility index (Phi) is 6.98. The molecule has 0 aliphatic heterocycles. The standard InChI is InChI=1S/C20H24N6O3S2/c1-13-8-9-17(11-18(13)31(28,29)21-3)24-19(27)23-16-7-5-6-15(10-16)14(2)30-20-25-22-12-26(20)4/h5-12,14,21H,1-4H3,(H2,23,24,27). The van der Waals surface area contributed by atoms with Gasteiger partial charge in [0.15, 0.2) is 5.16 Å². The van der Waals surface area contributed by atoms with Crippen molar-refractivity contribution >= 4 is 39.2 Å². The van der Waals surface area contributed by atoms with E-state index in [1.807, 2.05) is 29.8 Å². The highest BCUT2D eigenvalue weighted by atomic mass is 32.2. The van der Waals surface area contributed by atoms with Crippen LogP contribution in [0.15, 0.2) is 58.8 Å². The maximum Gasteiger partial charge on any atom is 0.323 e. The minimum absolute atomic E-state index is 0.0964. The Balaban J connectivity index is 1.69. The largest absolute Gasteiger partial charge is 0.323 e. The summed E-state index contributed by atoms with van der Waals surface area (Å²) in [5, 5.41) is 14.3. The van der Waals surface area contributed by atoms with Crippen molar-refractivity contribution in [3.8, 4) is 0 Å². The van der Waals surface area contributed by atoms with Gasteiger partial charge >= 0.3 is 6.03 Å². The van der Waals surface area contributed by atoms with Crippen LogP contribution in [-0.2, 0) is 17.1 Å². The molecule has 1 aromatic heterocycles. The van der Waals surface area contributed by atoms with Gasteiger partial charge in [-0.3, -0.25) is 0 Å². The average Bonchev–Trinajstić information content (AvgIpc) is 3.13. The first-order valence-electron chi connectivity index (χ1n) is 9.42. The number of aryl methyl sites for hydroxylation is 2. The van der Waals surface area contributed by atoms with Gasteiger partial charge in [0.05, 0.1) is 4.90 Å². The van der Waals surface area contributed by atoms with Crippen molar-refractivity contribution in [2.75, 3.05) is 17.7 Å². The van der Waals surface area contributed by atoms with E-state index < -0.39 is 16.1 Å². The minimum Gasteiger partial charge on any atom is -0.312 e. The Labute approximate surface area is 185 Å². The number of hydrogen-bond donors (Lipinski definition) is 3. The van der Waals surface area contributed by atoms with Crippen molar-refractivity contribution in [2.24, 2.45) is 7.05 Å². The third kappa shape index (κ3) is 5.63. The van der Waals surface area contributed by atoms with Crippen molar-refractivity contribution in [1.29, 1.82) is 0 Å². The lowest BCUT2D eigenvalue weighted by Gasteiger charge is -2.14. The Morgan fingerprint density at radius 2 is 1.84 bits per heavy atom. The zero-order valence-corrected chi connectivity index (χ0v) is 19.2. The summed E-state index contributed by atoms with van der Waals surface area (Å²) in [6.45, 7) is 3.74. The Morgan fingerprint density at radius 3 is 2.48 bits per heavy atom. The predicted molar refractivity (Wildman–Crippen MR) is 122 cm³/mol. The van der Waals surface area contributed by atoms with Crippen LogP contribution in [0, 0.1) is 6.92 Å². The van der Waals surface area contributed by atoms with Gasteiger partial charge < -0.3 is 15.2 Å². The summed E-state index contributed by atoms with van der Waals surface area (Å²) in [5.74, 6) is 0. The Morgan fingerprint density at radius 1 is 1.13 bits per heavy atom. The van der Waals surface area contributed by atoms with Crippen LogP contribution < -0.4 is 15.4 Å². The number of carbonyl (C=O) groups is 1. The molecule has 2 aromatic carbocycles. The van der Waals surface area contributed by atoms with E-state index in [1.54, 1.807) is 43.2 Å². The zero-order valence-electron chi connectivity index (χ0n) is 17.6. The molecule has 3 N–H and O–H groups in total. The fraction of sp³-hybridized carbons (Fsp3) is 0.250. The lowest BCUT2D eigenvalue weighted by molar-refractivity contribution is 0.262. The van der Waals surface area contributed by atoms with Gasteiger partial charge in [-0.15, -0.1) is 10.2 Å². The highest BCUT2D eigenvalue weighted by molar-refractivity contribution is 7.99. The molecule has 0 aliphatic rings. The number of rotatable bonds is 7. The molecule has 164 valence electrons. The summed E-state index contributed by atoms with van der Waals surface area (Å²) < 4.78 is 28.4. The Hall–Kier alpha value is -2.89. The first-order valence-corrected chi connectivity index (χ1v) is 11.8. The maximum atomic E-state index is 12.5. The number of benzene rings is 2. The van der Waals surface area contributed by atoms with Crippen molar-refractivity contribution in [3.05, 3.63) is 59.9 Å². The number of thioether (sulfide) groups is 1. The van der Waals surface area contributed by atoms with Crippen LogP contribution in [0.25, 0.3) is 0 Å². The van der Waals surface area contributed by atoms with Gasteiger partial charge in [0.1, 0.15) is 6.33 Å². The van der Waals surface area contributed by atoms with Gasteiger partial charge in [-0.05, 0) is 56.3 Å². The van der Waals surface area contributed by atoms with Gasteiger partial charge in [0.2, 0.25) is 10.0 Å². The van der Waals surface area contributed by atoms with Crippen LogP contribution >= 0.6 is 11.8 Å². The van der Waals surface area contributed by atoms with Crippen molar-refractivity contribution < 1.29 is 13.2 Å². The molecule has 0 saturated carbocycles. The van der Waals surface area contributed by atoms with Crippen molar-refractivity contribution in [3.63, 3.8) is 0 Å². The van der Waals surface area contributed by atoms with Gasteiger partial charge in [-0.2, -0.15) is 0 Å². The second kappa shape index (κ2) is 9.50. The molecule has 3 rings (SSSR count). The quantitative estimate of drug-likeness (QED) is 0.464. The molecule has 9 nitrogen and oxygen atoms in total. The number of sulfonamides is 1. The van der Waals surface area contributed by atoms with E-state index >= 15 is 0 Å². The molecule has 1 unspecified atom stereocenters. The van der Waals surface area contributed by atoms with Crippen LogP contribution in [0.1, 0.15) is 23.3 Å². The van der Waals surface area contributed by atoms with Crippen LogP contribution in [0.4, 0.5) is 16.2 Å². The van der Waals surface area contributed by atoms with Crippen LogP contribution in [0.2, 0.25) is 0 Å². The summed E-state index contributed by atoms with van der Waals surface area (Å²) in [6, 6.07) is 11.8. The number of anilines is 2. The molecule has 0 spiro atoms. The van der Waals surface area contributed by atoms with Gasteiger partial charge in [-0.1, -0.05) is 30.0 Å². The number of nitrogens with one attached hydrogen (secondary N) is 3. The molecule has 11 heteroatoms. The van der Waals surface area contributed by atoms with Gasteiger partial charge in [0.25, 0.3) is 0 Å². The summed E-state index contributed by atoms with van der Waals surface area (Å²) in [7, 11) is -0.391. The minimum atomic E-state index is -3.62. The smallest absolute Gasteiger partial charge is 0.312 e. The molecule has 1 atom stereocenters. The van der Waals surface area contributed by atoms with E-state index in [1.165, 1.54) is 13.1 Å². The highest BCUT2D eigenvalue weighted by Crippen LogP contribution is 2.34. The van der Waals surface area contributed by atoms with E-state index in [0.29, 0.717) is 16.9 Å². The van der Waals surface area contributed by atoms with E-state index in [-0.39, 0.29) is 10.1 Å². The fourth-order valence-corrected chi connectivity index (χ4v) is 4.75. The molecule has 0 radical (unpaired) electrons. The summed E-state index contributed by atoms with van der Waals surface area (Å²) in [4.78, 5) is 12.6. The van der Waals surface area contributed by atoms with Crippen LogP contribution in [0.3, 0.4) is 0 Å². The number of urea groups is 1. The molecule has 0 fully saturated rings. The van der Waals surface area contributed by atoms with E-state index in [0.717, 1.165) is 10.7 Å². The van der Waals surface area contributed by atoms with Crippen molar-refractivity contribution in [2.45, 2.75) is 29.1 Å². The lowest BCUT2D eigenvalue weighted by Crippen LogP contribution is -2.22. The predicted octanol–water partition coefficient (Wildman–Crippen LogP) is 3.53.